The van der Waals surface area contributed by atoms with Crippen LogP contribution in [-0.2, 0) is 9.47 Å². The van der Waals surface area contributed by atoms with Gasteiger partial charge in [0, 0.05) is 18.8 Å². The Morgan fingerprint density at radius 2 is 1.73 bits per heavy atom. The smallest absolute Gasteiger partial charge is 0.338 e. The molecule has 30 heavy (non-hydrogen) atoms. The second kappa shape index (κ2) is 10.6. The molecule has 0 radical (unpaired) electrons. The SMILES string of the molecule is C=C[C@@H]1O[C@H](CCOC(=O)c2c(C(C)C)cc(C(C)C)cc2C(C)C)C[C@H](O)[C@H]1C. The fourth-order valence-corrected chi connectivity index (χ4v) is 4.11. The standard InChI is InChI=1S/C26H40O4/c1-9-24-18(8)23(27)14-20(30-24)10-11-29-26(28)25-21(16(4)5)12-19(15(2)3)13-22(25)17(6)7/h9,12-13,15-18,20,23-24,27H,1,10-11,14H2,2-8H3/t18-,20-,23+,24+/m1/s1. The summed E-state index contributed by atoms with van der Waals surface area (Å²) in [5.41, 5.74) is 4.08. The molecule has 0 spiro atoms. The molecule has 1 heterocycles. The molecule has 0 saturated carbocycles. The lowest BCUT2D eigenvalue weighted by Gasteiger charge is -2.36. The minimum Gasteiger partial charge on any atom is -0.462 e. The van der Waals surface area contributed by atoms with Gasteiger partial charge in [-0.05, 0) is 34.4 Å². The van der Waals surface area contributed by atoms with Crippen LogP contribution in [0.2, 0.25) is 0 Å². The molecule has 0 aromatic heterocycles. The van der Waals surface area contributed by atoms with Gasteiger partial charge in [0.05, 0.1) is 30.5 Å². The molecule has 0 unspecified atom stereocenters. The van der Waals surface area contributed by atoms with Crippen molar-refractivity contribution in [3.63, 3.8) is 0 Å². The first-order valence-electron chi connectivity index (χ1n) is 11.4. The Morgan fingerprint density at radius 3 is 2.20 bits per heavy atom. The summed E-state index contributed by atoms with van der Waals surface area (Å²) >= 11 is 0. The lowest BCUT2D eigenvalue weighted by atomic mass is 9.84. The zero-order chi connectivity index (χ0) is 22.6. The summed E-state index contributed by atoms with van der Waals surface area (Å²) in [5.74, 6) is 0.636. The number of aliphatic hydroxyl groups excluding tert-OH is 1. The third kappa shape index (κ3) is 5.73. The van der Waals surface area contributed by atoms with Crippen molar-refractivity contribution in [1.29, 1.82) is 0 Å². The van der Waals surface area contributed by atoms with Crippen LogP contribution in [0.3, 0.4) is 0 Å². The quantitative estimate of drug-likeness (QED) is 0.421. The van der Waals surface area contributed by atoms with Crippen molar-refractivity contribution in [2.45, 2.75) is 97.4 Å². The number of carbonyl (C=O) groups is 1. The zero-order valence-electron chi connectivity index (χ0n) is 19.8. The van der Waals surface area contributed by atoms with Crippen LogP contribution in [0.25, 0.3) is 0 Å². The summed E-state index contributed by atoms with van der Waals surface area (Å²) in [6.45, 7) is 18.9. The van der Waals surface area contributed by atoms with Gasteiger partial charge in [-0.2, -0.15) is 0 Å². The number of hydrogen-bond donors (Lipinski definition) is 1. The number of carbonyl (C=O) groups excluding carboxylic acids is 1. The second-order valence-electron chi connectivity index (χ2n) is 9.58. The highest BCUT2D eigenvalue weighted by Gasteiger charge is 2.33. The van der Waals surface area contributed by atoms with E-state index >= 15 is 0 Å². The molecule has 0 aliphatic carbocycles. The van der Waals surface area contributed by atoms with E-state index in [9.17, 15) is 9.90 Å². The predicted octanol–water partition coefficient (Wildman–Crippen LogP) is 5.94. The monoisotopic (exact) mass is 416 g/mol. The van der Waals surface area contributed by atoms with Crippen molar-refractivity contribution in [2.24, 2.45) is 5.92 Å². The second-order valence-corrected chi connectivity index (χ2v) is 9.58. The van der Waals surface area contributed by atoms with Crippen LogP contribution < -0.4 is 0 Å². The van der Waals surface area contributed by atoms with Crippen molar-refractivity contribution in [3.8, 4) is 0 Å². The van der Waals surface area contributed by atoms with E-state index in [1.165, 1.54) is 5.56 Å². The molecule has 1 saturated heterocycles. The summed E-state index contributed by atoms with van der Waals surface area (Å²) in [5, 5.41) is 10.3. The van der Waals surface area contributed by atoms with Gasteiger partial charge in [0.15, 0.2) is 0 Å². The average molecular weight is 417 g/mol. The fourth-order valence-electron chi connectivity index (χ4n) is 4.11. The van der Waals surface area contributed by atoms with Gasteiger partial charge in [-0.3, -0.25) is 0 Å². The number of esters is 1. The molecule has 4 nitrogen and oxygen atoms in total. The third-order valence-electron chi connectivity index (χ3n) is 6.22. The number of aliphatic hydroxyl groups is 1. The van der Waals surface area contributed by atoms with Gasteiger partial charge in [-0.25, -0.2) is 4.79 Å². The van der Waals surface area contributed by atoms with Crippen LogP contribution in [0.15, 0.2) is 24.8 Å². The van der Waals surface area contributed by atoms with Crippen LogP contribution in [0.4, 0.5) is 0 Å². The van der Waals surface area contributed by atoms with Crippen LogP contribution in [0.5, 0.6) is 0 Å². The van der Waals surface area contributed by atoms with Crippen LogP contribution >= 0.6 is 0 Å². The molecule has 4 atom stereocenters. The molecule has 1 aromatic carbocycles. The van der Waals surface area contributed by atoms with Crippen LogP contribution in [-0.4, -0.2) is 36.0 Å². The van der Waals surface area contributed by atoms with E-state index in [1.54, 1.807) is 6.08 Å². The highest BCUT2D eigenvalue weighted by Crippen LogP contribution is 2.33. The fraction of sp³-hybridized carbons (Fsp3) is 0.654. The van der Waals surface area contributed by atoms with E-state index in [-0.39, 0.29) is 42.5 Å². The highest BCUT2D eigenvalue weighted by atomic mass is 16.5. The first-order chi connectivity index (χ1) is 14.1. The van der Waals surface area contributed by atoms with Gasteiger partial charge in [-0.1, -0.05) is 66.7 Å². The Kier molecular flexibility index (Phi) is 8.69. The van der Waals surface area contributed by atoms with Crippen LogP contribution in [0.1, 0.15) is 106 Å². The van der Waals surface area contributed by atoms with Gasteiger partial charge >= 0.3 is 5.97 Å². The Morgan fingerprint density at radius 1 is 1.17 bits per heavy atom. The summed E-state index contributed by atoms with van der Waals surface area (Å²) < 4.78 is 11.7. The van der Waals surface area contributed by atoms with E-state index in [0.29, 0.717) is 24.3 Å². The molecule has 1 aliphatic heterocycles. The first-order valence-corrected chi connectivity index (χ1v) is 11.4. The number of rotatable bonds is 8. The largest absolute Gasteiger partial charge is 0.462 e. The van der Waals surface area contributed by atoms with Crippen molar-refractivity contribution in [3.05, 3.63) is 47.0 Å². The molecule has 4 heteroatoms. The van der Waals surface area contributed by atoms with Crippen molar-refractivity contribution >= 4 is 5.97 Å². The number of ether oxygens (including phenoxy) is 2. The van der Waals surface area contributed by atoms with Gasteiger partial charge in [0.25, 0.3) is 0 Å². The molecule has 168 valence electrons. The Hall–Kier alpha value is -1.65. The normalized spacial score (nSPS) is 24.5. The third-order valence-corrected chi connectivity index (χ3v) is 6.22. The molecule has 2 rings (SSSR count). The lowest BCUT2D eigenvalue weighted by Crippen LogP contribution is -2.42. The number of hydrogen-bond acceptors (Lipinski definition) is 4. The Balaban J connectivity index is 2.15. The molecular formula is C26H40O4. The number of benzene rings is 1. The van der Waals surface area contributed by atoms with E-state index in [4.69, 9.17) is 9.47 Å². The van der Waals surface area contributed by atoms with E-state index in [0.717, 1.165) is 11.1 Å². The van der Waals surface area contributed by atoms with Gasteiger partial charge in [0.2, 0.25) is 0 Å². The molecule has 1 fully saturated rings. The van der Waals surface area contributed by atoms with E-state index < -0.39 is 6.10 Å². The molecular weight excluding hydrogens is 376 g/mol. The molecule has 0 amide bonds. The van der Waals surface area contributed by atoms with Crippen LogP contribution in [0, 0.1) is 5.92 Å². The zero-order valence-corrected chi connectivity index (χ0v) is 19.8. The topological polar surface area (TPSA) is 55.8 Å². The van der Waals surface area contributed by atoms with Gasteiger partial charge in [-0.15, -0.1) is 6.58 Å². The molecule has 0 bridgehead atoms. The minimum atomic E-state index is -0.425. The predicted molar refractivity (Wildman–Crippen MR) is 122 cm³/mol. The minimum absolute atomic E-state index is 0.0305. The summed E-state index contributed by atoms with van der Waals surface area (Å²) in [6.07, 6.45) is 2.14. The first kappa shape index (κ1) is 24.6. The molecule has 1 N–H and O–H groups in total. The molecule has 1 aromatic rings. The Labute approximate surface area is 182 Å². The van der Waals surface area contributed by atoms with Gasteiger partial charge < -0.3 is 14.6 Å². The summed E-state index contributed by atoms with van der Waals surface area (Å²) in [6, 6.07) is 4.32. The molecule has 1 aliphatic rings. The highest BCUT2D eigenvalue weighted by molar-refractivity contribution is 5.93. The average Bonchev–Trinajstić information content (AvgIpc) is 2.68. The van der Waals surface area contributed by atoms with E-state index in [1.807, 2.05) is 6.92 Å². The maximum atomic E-state index is 13.1. The van der Waals surface area contributed by atoms with Crippen molar-refractivity contribution in [1.82, 2.24) is 0 Å². The lowest BCUT2D eigenvalue weighted by molar-refractivity contribution is -0.116. The van der Waals surface area contributed by atoms with Gasteiger partial charge in [0.1, 0.15) is 0 Å². The maximum absolute atomic E-state index is 13.1. The van der Waals surface area contributed by atoms with E-state index in [2.05, 4.69) is 60.3 Å². The maximum Gasteiger partial charge on any atom is 0.338 e. The Bertz CT molecular complexity index is 706. The summed E-state index contributed by atoms with van der Waals surface area (Å²) in [4.78, 5) is 13.1. The van der Waals surface area contributed by atoms with Crippen molar-refractivity contribution in [2.75, 3.05) is 6.61 Å². The van der Waals surface area contributed by atoms with Crippen molar-refractivity contribution < 1.29 is 19.4 Å². The summed E-state index contributed by atoms with van der Waals surface area (Å²) in [7, 11) is 0.